The third kappa shape index (κ3) is 4.46. The zero-order valence-electron chi connectivity index (χ0n) is 11.0. The molecule has 1 aromatic heterocycles. The lowest BCUT2D eigenvalue weighted by molar-refractivity contribution is -0.134. The third-order valence-electron chi connectivity index (χ3n) is 2.62. The number of aromatic nitrogens is 2. The van der Waals surface area contributed by atoms with Crippen molar-refractivity contribution >= 4 is 5.91 Å². The molecule has 18 heavy (non-hydrogen) atoms. The number of aliphatic hydroxyl groups is 1. The number of carbonyl (C=O) groups is 1. The van der Waals surface area contributed by atoms with Gasteiger partial charge in [-0.15, -0.1) is 0 Å². The van der Waals surface area contributed by atoms with Crippen LogP contribution < -0.4 is 5.73 Å². The van der Waals surface area contributed by atoms with Crippen molar-refractivity contribution in [3.05, 3.63) is 18.2 Å². The summed E-state index contributed by atoms with van der Waals surface area (Å²) in [4.78, 5) is 20.7. The Morgan fingerprint density at radius 2 is 2.33 bits per heavy atom. The first-order chi connectivity index (χ1) is 8.54. The molecule has 1 heterocycles. The quantitative estimate of drug-likeness (QED) is 0.643. The van der Waals surface area contributed by atoms with E-state index in [4.69, 9.17) is 10.8 Å². The molecule has 0 aliphatic rings. The molecule has 0 unspecified atom stereocenters. The Bertz CT molecular complexity index is 351. The minimum absolute atomic E-state index is 0.0825. The van der Waals surface area contributed by atoms with Gasteiger partial charge in [0.05, 0.1) is 19.2 Å². The molecule has 0 aliphatic heterocycles. The number of rotatable bonds is 7. The molecule has 6 nitrogen and oxygen atoms in total. The molecule has 0 fully saturated rings. The number of hydrogen-bond donors (Lipinski definition) is 3. The van der Waals surface area contributed by atoms with Gasteiger partial charge in [-0.25, -0.2) is 4.98 Å². The summed E-state index contributed by atoms with van der Waals surface area (Å²) in [6, 6.07) is -0.522. The van der Waals surface area contributed by atoms with E-state index in [-0.39, 0.29) is 19.1 Å². The Morgan fingerprint density at radius 3 is 2.83 bits per heavy atom. The molecule has 1 amide bonds. The van der Waals surface area contributed by atoms with Crippen molar-refractivity contribution in [1.29, 1.82) is 0 Å². The van der Waals surface area contributed by atoms with E-state index in [9.17, 15) is 4.79 Å². The van der Waals surface area contributed by atoms with Crippen LogP contribution in [0.5, 0.6) is 0 Å². The first kappa shape index (κ1) is 14.7. The zero-order chi connectivity index (χ0) is 13.5. The lowest BCUT2D eigenvalue weighted by Gasteiger charge is -2.25. The summed E-state index contributed by atoms with van der Waals surface area (Å²) in [6.45, 7) is 4.58. The maximum atomic E-state index is 12.1. The smallest absolute Gasteiger partial charge is 0.239 e. The molecule has 6 heteroatoms. The highest BCUT2D eigenvalue weighted by atomic mass is 16.3. The molecule has 0 saturated heterocycles. The van der Waals surface area contributed by atoms with Crippen LogP contribution in [-0.4, -0.2) is 45.1 Å². The van der Waals surface area contributed by atoms with Gasteiger partial charge in [0, 0.05) is 18.9 Å². The van der Waals surface area contributed by atoms with E-state index >= 15 is 0 Å². The Morgan fingerprint density at radius 1 is 1.61 bits per heavy atom. The van der Waals surface area contributed by atoms with Gasteiger partial charge >= 0.3 is 0 Å². The number of nitrogens with one attached hydrogen (secondary N) is 1. The van der Waals surface area contributed by atoms with Gasteiger partial charge in [-0.1, -0.05) is 13.8 Å². The van der Waals surface area contributed by atoms with E-state index in [1.807, 2.05) is 13.8 Å². The van der Waals surface area contributed by atoms with Crippen LogP contribution in [0.25, 0.3) is 0 Å². The Hall–Kier alpha value is -1.40. The monoisotopic (exact) mass is 254 g/mol. The summed E-state index contributed by atoms with van der Waals surface area (Å²) in [5.41, 5.74) is 5.87. The number of imidazole rings is 1. The van der Waals surface area contributed by atoms with Gasteiger partial charge < -0.3 is 20.7 Å². The molecule has 0 radical (unpaired) electrons. The van der Waals surface area contributed by atoms with Gasteiger partial charge in [0.25, 0.3) is 0 Å². The van der Waals surface area contributed by atoms with Crippen molar-refractivity contribution in [1.82, 2.24) is 14.9 Å². The summed E-state index contributed by atoms with van der Waals surface area (Å²) in [6.07, 6.45) is 3.97. The number of hydrogen-bond acceptors (Lipinski definition) is 4. The minimum atomic E-state index is -0.522. The summed E-state index contributed by atoms with van der Waals surface area (Å²) >= 11 is 0. The fourth-order valence-electron chi connectivity index (χ4n) is 1.80. The second kappa shape index (κ2) is 7.13. The van der Waals surface area contributed by atoms with Crippen molar-refractivity contribution in [2.75, 3.05) is 13.2 Å². The van der Waals surface area contributed by atoms with Gasteiger partial charge in [-0.05, 0) is 12.3 Å². The molecule has 0 spiro atoms. The van der Waals surface area contributed by atoms with Gasteiger partial charge in [-0.3, -0.25) is 4.79 Å². The Balaban J connectivity index is 2.62. The van der Waals surface area contributed by atoms with Crippen molar-refractivity contribution in [2.24, 2.45) is 11.7 Å². The molecule has 4 N–H and O–H groups in total. The Labute approximate surface area is 107 Å². The molecule has 0 aromatic carbocycles. The third-order valence-corrected chi connectivity index (χ3v) is 2.62. The van der Waals surface area contributed by atoms with Crippen LogP contribution in [0.3, 0.4) is 0 Å². The average molecular weight is 254 g/mol. The predicted octanol–water partition coefficient (Wildman–Crippen LogP) is 0.104. The summed E-state index contributed by atoms with van der Waals surface area (Å²) < 4.78 is 0. The van der Waals surface area contributed by atoms with Crippen molar-refractivity contribution in [2.45, 2.75) is 32.9 Å². The maximum Gasteiger partial charge on any atom is 0.239 e. The highest BCUT2D eigenvalue weighted by molar-refractivity contribution is 5.81. The van der Waals surface area contributed by atoms with Crippen molar-refractivity contribution in [3.63, 3.8) is 0 Å². The van der Waals surface area contributed by atoms with Crippen LogP contribution in [0.2, 0.25) is 0 Å². The summed E-state index contributed by atoms with van der Waals surface area (Å²) in [7, 11) is 0. The van der Waals surface area contributed by atoms with Crippen LogP contribution in [0.4, 0.5) is 0 Å². The topological polar surface area (TPSA) is 95.2 Å². The largest absolute Gasteiger partial charge is 0.395 e. The lowest BCUT2D eigenvalue weighted by atomic mass is 10.0. The zero-order valence-corrected chi connectivity index (χ0v) is 11.0. The predicted molar refractivity (Wildman–Crippen MR) is 68.5 cm³/mol. The second-order valence-corrected chi connectivity index (χ2v) is 4.76. The molecule has 1 rings (SSSR count). The number of aliphatic hydroxyl groups excluding tert-OH is 1. The number of amides is 1. The van der Waals surface area contributed by atoms with Crippen molar-refractivity contribution in [3.8, 4) is 0 Å². The maximum absolute atomic E-state index is 12.1. The second-order valence-electron chi connectivity index (χ2n) is 4.76. The highest BCUT2D eigenvalue weighted by Gasteiger charge is 2.22. The number of nitrogens with two attached hydrogens (primary N) is 1. The van der Waals surface area contributed by atoms with Gasteiger partial charge in [0.1, 0.15) is 5.82 Å². The first-order valence-corrected chi connectivity index (χ1v) is 6.18. The van der Waals surface area contributed by atoms with Crippen LogP contribution >= 0.6 is 0 Å². The van der Waals surface area contributed by atoms with E-state index < -0.39 is 6.04 Å². The fourth-order valence-corrected chi connectivity index (χ4v) is 1.80. The SMILES string of the molecule is CC(C)C[C@H](N)C(=O)N(CCO)Cc1ncc[nH]1. The van der Waals surface area contributed by atoms with Crippen LogP contribution in [-0.2, 0) is 11.3 Å². The van der Waals surface area contributed by atoms with E-state index in [1.165, 1.54) is 4.90 Å². The number of H-pyrrole nitrogens is 1. The van der Waals surface area contributed by atoms with Crippen LogP contribution in [0.15, 0.2) is 12.4 Å². The summed E-state index contributed by atoms with van der Waals surface area (Å²) in [5, 5.41) is 9.01. The molecular weight excluding hydrogens is 232 g/mol. The van der Waals surface area contributed by atoms with Gasteiger partial charge in [0.2, 0.25) is 5.91 Å². The van der Waals surface area contributed by atoms with Crippen LogP contribution in [0, 0.1) is 5.92 Å². The lowest BCUT2D eigenvalue weighted by Crippen LogP contribution is -2.45. The molecular formula is C12H22N4O2. The van der Waals surface area contributed by atoms with E-state index in [2.05, 4.69) is 9.97 Å². The van der Waals surface area contributed by atoms with Gasteiger partial charge in [0.15, 0.2) is 0 Å². The summed E-state index contributed by atoms with van der Waals surface area (Å²) in [5.74, 6) is 0.909. The first-order valence-electron chi connectivity index (χ1n) is 6.18. The molecule has 1 aromatic rings. The molecule has 0 aliphatic carbocycles. The molecule has 102 valence electrons. The number of nitrogens with zero attached hydrogens (tertiary/aromatic N) is 2. The number of carbonyl (C=O) groups excluding carboxylic acids is 1. The standard InChI is InChI=1S/C12H22N4O2/c1-9(2)7-10(13)12(18)16(5-6-17)8-11-14-3-4-15-11/h3-4,9-10,17H,5-8,13H2,1-2H3,(H,14,15)/t10-/m0/s1. The van der Waals surface area contributed by atoms with Gasteiger partial charge in [-0.2, -0.15) is 0 Å². The normalized spacial score (nSPS) is 12.7. The van der Waals surface area contributed by atoms with E-state index in [0.29, 0.717) is 24.7 Å². The molecule has 1 atom stereocenters. The average Bonchev–Trinajstić information content (AvgIpc) is 2.79. The molecule has 0 bridgehead atoms. The Kier molecular flexibility index (Phi) is 5.80. The van der Waals surface area contributed by atoms with Crippen molar-refractivity contribution < 1.29 is 9.90 Å². The fraction of sp³-hybridized carbons (Fsp3) is 0.667. The van der Waals surface area contributed by atoms with E-state index in [0.717, 1.165) is 0 Å². The molecule has 0 saturated carbocycles. The van der Waals surface area contributed by atoms with Crippen LogP contribution in [0.1, 0.15) is 26.1 Å². The highest BCUT2D eigenvalue weighted by Crippen LogP contribution is 2.07. The number of aromatic amines is 1. The minimum Gasteiger partial charge on any atom is -0.395 e. The van der Waals surface area contributed by atoms with E-state index in [1.54, 1.807) is 12.4 Å².